The van der Waals surface area contributed by atoms with Crippen LogP contribution in [0, 0.1) is 11.8 Å². The lowest BCUT2D eigenvalue weighted by molar-refractivity contribution is -0.125. The van der Waals surface area contributed by atoms with Gasteiger partial charge in [0.25, 0.3) is 0 Å². The van der Waals surface area contributed by atoms with Gasteiger partial charge < -0.3 is 20.1 Å². The Labute approximate surface area is 121 Å². The van der Waals surface area contributed by atoms with Crippen LogP contribution < -0.4 is 10.6 Å². The molecule has 0 bridgehead atoms. The number of rotatable bonds is 7. The van der Waals surface area contributed by atoms with E-state index in [2.05, 4.69) is 24.5 Å². The molecular weight excluding hydrogens is 256 g/mol. The van der Waals surface area contributed by atoms with Crippen molar-refractivity contribution in [1.29, 1.82) is 0 Å². The van der Waals surface area contributed by atoms with Gasteiger partial charge in [0.2, 0.25) is 5.91 Å². The molecule has 1 amide bonds. The molecule has 2 heterocycles. The molecule has 2 aliphatic heterocycles. The lowest BCUT2D eigenvalue weighted by Gasteiger charge is -2.21. The Morgan fingerprint density at radius 2 is 2.15 bits per heavy atom. The largest absolute Gasteiger partial charge is 0.379 e. The van der Waals surface area contributed by atoms with E-state index < -0.39 is 0 Å². The number of hydrogen-bond acceptors (Lipinski definition) is 4. The number of ether oxygens (including phenoxy) is 2. The quantitative estimate of drug-likeness (QED) is 0.730. The normalized spacial score (nSPS) is 33.5. The first-order chi connectivity index (χ1) is 9.76. The Hall–Kier alpha value is -0.650. The molecule has 0 aliphatic carbocycles. The number of carbonyl (C=O) groups excluding carboxylic acids is 1. The molecule has 2 fully saturated rings. The van der Waals surface area contributed by atoms with Crippen molar-refractivity contribution in [3.8, 4) is 0 Å². The van der Waals surface area contributed by atoms with Gasteiger partial charge >= 0.3 is 0 Å². The van der Waals surface area contributed by atoms with E-state index in [9.17, 15) is 4.79 Å². The van der Waals surface area contributed by atoms with Crippen molar-refractivity contribution in [1.82, 2.24) is 10.6 Å². The van der Waals surface area contributed by atoms with Gasteiger partial charge in [-0.2, -0.15) is 0 Å². The zero-order valence-electron chi connectivity index (χ0n) is 12.7. The maximum Gasteiger partial charge on any atom is 0.227 e. The Morgan fingerprint density at radius 3 is 2.90 bits per heavy atom. The van der Waals surface area contributed by atoms with E-state index in [1.807, 2.05) is 0 Å². The molecular formula is C15H28N2O3. The van der Waals surface area contributed by atoms with Gasteiger partial charge in [-0.3, -0.25) is 4.79 Å². The first kappa shape index (κ1) is 15.7. The number of nitrogens with one attached hydrogen (secondary N) is 2. The molecule has 0 spiro atoms. The summed E-state index contributed by atoms with van der Waals surface area (Å²) in [5.41, 5.74) is 0. The van der Waals surface area contributed by atoms with E-state index in [4.69, 9.17) is 9.47 Å². The predicted molar refractivity (Wildman–Crippen MR) is 77.5 cm³/mol. The predicted octanol–water partition coefficient (Wildman–Crippen LogP) is 0.932. The van der Waals surface area contributed by atoms with Gasteiger partial charge in [0.1, 0.15) is 0 Å². The van der Waals surface area contributed by atoms with Crippen LogP contribution in [-0.2, 0) is 14.3 Å². The van der Waals surface area contributed by atoms with E-state index in [1.165, 1.54) is 0 Å². The van der Waals surface area contributed by atoms with Crippen LogP contribution in [0.1, 0.15) is 33.1 Å². The second-order valence-corrected chi connectivity index (χ2v) is 5.82. The van der Waals surface area contributed by atoms with Crippen molar-refractivity contribution < 1.29 is 14.3 Å². The summed E-state index contributed by atoms with van der Waals surface area (Å²) >= 11 is 0. The molecule has 0 radical (unpaired) electrons. The monoisotopic (exact) mass is 284 g/mol. The minimum absolute atomic E-state index is 0.0519. The van der Waals surface area contributed by atoms with Gasteiger partial charge in [-0.1, -0.05) is 13.8 Å². The van der Waals surface area contributed by atoms with E-state index in [0.29, 0.717) is 25.2 Å². The molecule has 4 atom stereocenters. The topological polar surface area (TPSA) is 59.6 Å². The fourth-order valence-electron chi connectivity index (χ4n) is 3.08. The number of carbonyl (C=O) groups is 1. The SMILES string of the molecule is CCCNC1COCC1C(=O)NCC1CCOC1CC. The van der Waals surface area contributed by atoms with E-state index >= 15 is 0 Å². The molecule has 2 rings (SSSR count). The summed E-state index contributed by atoms with van der Waals surface area (Å²) in [6.07, 6.45) is 3.46. The summed E-state index contributed by atoms with van der Waals surface area (Å²) in [5.74, 6) is 0.537. The number of hydrogen-bond donors (Lipinski definition) is 2. The van der Waals surface area contributed by atoms with Gasteiger partial charge in [-0.25, -0.2) is 0 Å². The highest BCUT2D eigenvalue weighted by Crippen LogP contribution is 2.23. The maximum absolute atomic E-state index is 12.3. The van der Waals surface area contributed by atoms with Crippen LogP contribution in [0.25, 0.3) is 0 Å². The first-order valence-corrected chi connectivity index (χ1v) is 7.96. The van der Waals surface area contributed by atoms with E-state index in [1.54, 1.807) is 0 Å². The van der Waals surface area contributed by atoms with Gasteiger partial charge in [0.15, 0.2) is 0 Å². The van der Waals surface area contributed by atoms with Crippen LogP contribution in [0.3, 0.4) is 0 Å². The minimum atomic E-state index is -0.0519. The second-order valence-electron chi connectivity index (χ2n) is 5.82. The summed E-state index contributed by atoms with van der Waals surface area (Å²) in [6, 6.07) is 0.164. The Kier molecular flexibility index (Phi) is 6.26. The lowest BCUT2D eigenvalue weighted by atomic mass is 9.98. The molecule has 5 heteroatoms. The van der Waals surface area contributed by atoms with Crippen molar-refractivity contribution in [3.63, 3.8) is 0 Å². The molecule has 116 valence electrons. The third-order valence-corrected chi connectivity index (χ3v) is 4.36. The van der Waals surface area contributed by atoms with Gasteiger partial charge in [-0.15, -0.1) is 0 Å². The fraction of sp³-hybridized carbons (Fsp3) is 0.933. The highest BCUT2D eigenvalue weighted by molar-refractivity contribution is 5.79. The van der Waals surface area contributed by atoms with E-state index in [0.717, 1.165) is 39.0 Å². The molecule has 4 unspecified atom stereocenters. The Balaban J connectivity index is 1.76. The highest BCUT2D eigenvalue weighted by Gasteiger charge is 2.34. The maximum atomic E-state index is 12.3. The molecule has 20 heavy (non-hydrogen) atoms. The summed E-state index contributed by atoms with van der Waals surface area (Å²) in [6.45, 7) is 7.93. The van der Waals surface area contributed by atoms with Gasteiger partial charge in [-0.05, 0) is 25.8 Å². The zero-order chi connectivity index (χ0) is 14.4. The van der Waals surface area contributed by atoms with Crippen LogP contribution in [0.15, 0.2) is 0 Å². The van der Waals surface area contributed by atoms with Crippen molar-refractivity contribution >= 4 is 5.91 Å². The minimum Gasteiger partial charge on any atom is -0.379 e. The molecule has 0 saturated carbocycles. The van der Waals surface area contributed by atoms with E-state index in [-0.39, 0.29) is 17.9 Å². The van der Waals surface area contributed by atoms with Crippen LogP contribution >= 0.6 is 0 Å². The molecule has 0 aromatic rings. The van der Waals surface area contributed by atoms with Crippen LogP contribution in [0.5, 0.6) is 0 Å². The fourth-order valence-corrected chi connectivity index (χ4v) is 3.08. The highest BCUT2D eigenvalue weighted by atomic mass is 16.5. The molecule has 2 N–H and O–H groups in total. The van der Waals surface area contributed by atoms with Crippen molar-refractivity contribution in [2.45, 2.75) is 45.3 Å². The average molecular weight is 284 g/mol. The van der Waals surface area contributed by atoms with Crippen LogP contribution in [0.2, 0.25) is 0 Å². The molecule has 0 aromatic carbocycles. The van der Waals surface area contributed by atoms with Crippen molar-refractivity contribution in [2.24, 2.45) is 11.8 Å². The van der Waals surface area contributed by atoms with Crippen LogP contribution in [-0.4, -0.2) is 51.0 Å². The Morgan fingerprint density at radius 1 is 1.30 bits per heavy atom. The van der Waals surface area contributed by atoms with Crippen molar-refractivity contribution in [3.05, 3.63) is 0 Å². The smallest absolute Gasteiger partial charge is 0.227 e. The Bertz CT molecular complexity index is 311. The molecule has 2 aliphatic rings. The van der Waals surface area contributed by atoms with Crippen LogP contribution in [0.4, 0.5) is 0 Å². The summed E-state index contributed by atoms with van der Waals surface area (Å²) in [5, 5.41) is 6.50. The lowest BCUT2D eigenvalue weighted by Crippen LogP contribution is -2.45. The summed E-state index contributed by atoms with van der Waals surface area (Å²) < 4.78 is 11.1. The third kappa shape index (κ3) is 3.93. The van der Waals surface area contributed by atoms with Gasteiger partial charge in [0.05, 0.1) is 25.2 Å². The molecule has 0 aromatic heterocycles. The first-order valence-electron chi connectivity index (χ1n) is 7.96. The number of amides is 1. The standard InChI is InChI=1S/C15H28N2O3/c1-3-6-16-13-10-19-9-12(13)15(18)17-8-11-5-7-20-14(11)4-2/h11-14,16H,3-10H2,1-2H3,(H,17,18). The molecule has 2 saturated heterocycles. The van der Waals surface area contributed by atoms with Gasteiger partial charge in [0, 0.05) is 25.1 Å². The average Bonchev–Trinajstić information content (AvgIpc) is 3.10. The summed E-state index contributed by atoms with van der Waals surface area (Å²) in [4.78, 5) is 12.3. The zero-order valence-corrected chi connectivity index (χ0v) is 12.7. The molecule has 5 nitrogen and oxygen atoms in total. The summed E-state index contributed by atoms with van der Waals surface area (Å²) in [7, 11) is 0. The van der Waals surface area contributed by atoms with Crippen molar-refractivity contribution in [2.75, 3.05) is 32.9 Å². The second kappa shape index (κ2) is 7.96. The third-order valence-electron chi connectivity index (χ3n) is 4.36.